The summed E-state index contributed by atoms with van der Waals surface area (Å²) >= 11 is 0. The molecule has 2 N–H and O–H groups in total. The molecule has 0 saturated carbocycles. The summed E-state index contributed by atoms with van der Waals surface area (Å²) < 4.78 is 0. The monoisotopic (exact) mass is 184 g/mol. The molecule has 0 aromatic carbocycles. The molecule has 1 aliphatic rings. The molecule has 2 nitrogen and oxygen atoms in total. The second-order valence-electron chi connectivity index (χ2n) is 5.38. The number of aliphatic hydroxyl groups excluding tert-OH is 1. The average molecular weight is 184 g/mol. The molecule has 0 aliphatic heterocycles. The van der Waals surface area contributed by atoms with Gasteiger partial charge in [0.05, 0.1) is 11.7 Å². The summed E-state index contributed by atoms with van der Waals surface area (Å²) in [5.74, 6) is 0.146. The molecule has 2 heteroatoms. The predicted octanol–water partition coefficient (Wildman–Crippen LogP) is 1.72. The molecule has 0 aromatic rings. The van der Waals surface area contributed by atoms with Crippen molar-refractivity contribution in [3.05, 3.63) is 12.2 Å². The SMILES string of the molecule is CC(C)(C)[C@@H]1C=C[C@@](C)(O)C[C@@H]1O. The first kappa shape index (κ1) is 10.7. The fourth-order valence-electron chi connectivity index (χ4n) is 1.92. The number of hydrogen-bond acceptors (Lipinski definition) is 2. The molecule has 0 unspecified atom stereocenters. The Balaban J connectivity index is 2.83. The van der Waals surface area contributed by atoms with Gasteiger partial charge in [-0.3, -0.25) is 0 Å². The summed E-state index contributed by atoms with van der Waals surface area (Å²) in [6.07, 6.45) is 3.75. The summed E-state index contributed by atoms with van der Waals surface area (Å²) in [7, 11) is 0. The fraction of sp³-hybridized carbons (Fsp3) is 0.818. The lowest BCUT2D eigenvalue weighted by molar-refractivity contribution is -0.0133. The van der Waals surface area contributed by atoms with Gasteiger partial charge in [-0.2, -0.15) is 0 Å². The number of rotatable bonds is 0. The maximum absolute atomic E-state index is 9.83. The van der Waals surface area contributed by atoms with Crippen LogP contribution in [0.1, 0.15) is 34.1 Å². The third-order valence-electron chi connectivity index (χ3n) is 2.70. The molecule has 0 saturated heterocycles. The zero-order chi connectivity index (χ0) is 10.3. The van der Waals surface area contributed by atoms with Crippen LogP contribution < -0.4 is 0 Å². The maximum Gasteiger partial charge on any atom is 0.0824 e. The zero-order valence-corrected chi connectivity index (χ0v) is 8.91. The van der Waals surface area contributed by atoms with Crippen LogP contribution >= 0.6 is 0 Å². The molecule has 0 heterocycles. The smallest absolute Gasteiger partial charge is 0.0824 e. The Bertz CT molecular complexity index is 211. The van der Waals surface area contributed by atoms with Crippen LogP contribution in [0.3, 0.4) is 0 Å². The Labute approximate surface area is 80.3 Å². The molecule has 0 amide bonds. The van der Waals surface area contributed by atoms with Crippen molar-refractivity contribution in [3.63, 3.8) is 0 Å². The van der Waals surface area contributed by atoms with Crippen molar-refractivity contribution in [2.24, 2.45) is 11.3 Å². The quantitative estimate of drug-likeness (QED) is 0.563. The van der Waals surface area contributed by atoms with Gasteiger partial charge in [0, 0.05) is 12.3 Å². The first-order valence-electron chi connectivity index (χ1n) is 4.82. The standard InChI is InChI=1S/C11H20O2/c1-10(2,3)8-5-6-11(4,13)7-9(8)12/h5-6,8-9,12-13H,7H2,1-4H3/t8-,9+,11-/m1/s1. The van der Waals surface area contributed by atoms with E-state index in [0.717, 1.165) is 0 Å². The highest BCUT2D eigenvalue weighted by Gasteiger charge is 2.36. The van der Waals surface area contributed by atoms with E-state index >= 15 is 0 Å². The summed E-state index contributed by atoms with van der Waals surface area (Å²) in [6, 6.07) is 0. The van der Waals surface area contributed by atoms with E-state index in [0.29, 0.717) is 6.42 Å². The van der Waals surface area contributed by atoms with E-state index in [1.807, 2.05) is 6.08 Å². The molecule has 0 radical (unpaired) electrons. The largest absolute Gasteiger partial charge is 0.392 e. The van der Waals surface area contributed by atoms with Crippen molar-refractivity contribution in [2.45, 2.75) is 45.8 Å². The van der Waals surface area contributed by atoms with Gasteiger partial charge in [0.2, 0.25) is 0 Å². The van der Waals surface area contributed by atoms with Crippen molar-refractivity contribution in [2.75, 3.05) is 0 Å². The third kappa shape index (κ3) is 2.55. The molecule has 0 bridgehead atoms. The molecular weight excluding hydrogens is 164 g/mol. The summed E-state index contributed by atoms with van der Waals surface area (Å²) in [4.78, 5) is 0. The highest BCUT2D eigenvalue weighted by Crippen LogP contribution is 2.36. The van der Waals surface area contributed by atoms with Gasteiger partial charge in [-0.15, -0.1) is 0 Å². The van der Waals surface area contributed by atoms with Gasteiger partial charge in [-0.1, -0.05) is 32.9 Å². The van der Waals surface area contributed by atoms with Crippen LogP contribution in [-0.2, 0) is 0 Å². The van der Waals surface area contributed by atoms with Crippen molar-refractivity contribution in [1.82, 2.24) is 0 Å². The van der Waals surface area contributed by atoms with Gasteiger partial charge >= 0.3 is 0 Å². The van der Waals surface area contributed by atoms with Gasteiger partial charge in [-0.05, 0) is 12.3 Å². The Hall–Kier alpha value is -0.340. The molecule has 0 aromatic heterocycles. The summed E-state index contributed by atoms with van der Waals surface area (Å²) in [5.41, 5.74) is -0.770. The first-order valence-corrected chi connectivity index (χ1v) is 4.82. The maximum atomic E-state index is 9.83. The number of aliphatic hydroxyl groups is 2. The summed E-state index contributed by atoms with van der Waals surface area (Å²) in [5, 5.41) is 19.5. The zero-order valence-electron chi connectivity index (χ0n) is 8.91. The minimum absolute atomic E-state index is 0.0619. The van der Waals surface area contributed by atoms with Crippen LogP contribution in [0.15, 0.2) is 12.2 Å². The minimum atomic E-state index is -0.832. The van der Waals surface area contributed by atoms with Crippen molar-refractivity contribution in [3.8, 4) is 0 Å². The van der Waals surface area contributed by atoms with Gasteiger partial charge in [0.25, 0.3) is 0 Å². The summed E-state index contributed by atoms with van der Waals surface area (Å²) in [6.45, 7) is 8.04. The van der Waals surface area contributed by atoms with E-state index in [4.69, 9.17) is 0 Å². The first-order chi connectivity index (χ1) is 5.72. The highest BCUT2D eigenvalue weighted by molar-refractivity contribution is 5.11. The van der Waals surface area contributed by atoms with Crippen LogP contribution in [0, 0.1) is 11.3 Å². The van der Waals surface area contributed by atoms with Crippen molar-refractivity contribution in [1.29, 1.82) is 0 Å². The Morgan fingerprint density at radius 2 is 1.92 bits per heavy atom. The molecular formula is C11H20O2. The van der Waals surface area contributed by atoms with Gasteiger partial charge < -0.3 is 10.2 Å². The van der Waals surface area contributed by atoms with E-state index in [1.165, 1.54) is 0 Å². The van der Waals surface area contributed by atoms with E-state index < -0.39 is 11.7 Å². The molecule has 1 rings (SSSR count). The van der Waals surface area contributed by atoms with Crippen LogP contribution in [0.4, 0.5) is 0 Å². The minimum Gasteiger partial charge on any atom is -0.392 e. The van der Waals surface area contributed by atoms with Crippen LogP contribution in [0.25, 0.3) is 0 Å². The van der Waals surface area contributed by atoms with E-state index in [1.54, 1.807) is 13.0 Å². The van der Waals surface area contributed by atoms with Crippen LogP contribution in [-0.4, -0.2) is 21.9 Å². The van der Waals surface area contributed by atoms with Crippen LogP contribution in [0.2, 0.25) is 0 Å². The lowest BCUT2D eigenvalue weighted by Crippen LogP contribution is -2.40. The van der Waals surface area contributed by atoms with Gasteiger partial charge in [0.1, 0.15) is 0 Å². The van der Waals surface area contributed by atoms with Crippen molar-refractivity contribution < 1.29 is 10.2 Å². The molecule has 0 spiro atoms. The van der Waals surface area contributed by atoms with E-state index in [-0.39, 0.29) is 11.3 Å². The third-order valence-corrected chi connectivity index (χ3v) is 2.70. The Morgan fingerprint density at radius 3 is 2.31 bits per heavy atom. The highest BCUT2D eigenvalue weighted by atomic mass is 16.3. The molecule has 1 aliphatic carbocycles. The number of hydrogen-bond donors (Lipinski definition) is 2. The lowest BCUT2D eigenvalue weighted by Gasteiger charge is -2.38. The predicted molar refractivity (Wildman–Crippen MR) is 53.3 cm³/mol. The molecule has 76 valence electrons. The van der Waals surface area contributed by atoms with Gasteiger partial charge in [0.15, 0.2) is 0 Å². The van der Waals surface area contributed by atoms with Crippen LogP contribution in [0.5, 0.6) is 0 Å². The molecule has 3 atom stereocenters. The molecule has 13 heavy (non-hydrogen) atoms. The second kappa shape index (κ2) is 3.10. The fourth-order valence-corrected chi connectivity index (χ4v) is 1.92. The van der Waals surface area contributed by atoms with Crippen molar-refractivity contribution >= 4 is 0 Å². The molecule has 0 fully saturated rings. The Morgan fingerprint density at radius 1 is 1.38 bits per heavy atom. The normalized spacial score (nSPS) is 40.8. The lowest BCUT2D eigenvalue weighted by atomic mass is 9.71. The second-order valence-corrected chi connectivity index (χ2v) is 5.38. The van der Waals surface area contributed by atoms with E-state index in [9.17, 15) is 10.2 Å². The topological polar surface area (TPSA) is 40.5 Å². The average Bonchev–Trinajstić information content (AvgIpc) is 1.80. The van der Waals surface area contributed by atoms with E-state index in [2.05, 4.69) is 20.8 Å². The van der Waals surface area contributed by atoms with Gasteiger partial charge in [-0.25, -0.2) is 0 Å². The Kier molecular flexibility index (Phi) is 2.56.